The molecule has 28 heavy (non-hydrogen) atoms. The highest BCUT2D eigenvalue weighted by Crippen LogP contribution is 2.30. The molecule has 1 atom stereocenters. The van der Waals surface area contributed by atoms with Crippen LogP contribution in [0.4, 0.5) is 16.2 Å². The van der Waals surface area contributed by atoms with Gasteiger partial charge in [0.1, 0.15) is 0 Å². The van der Waals surface area contributed by atoms with Crippen LogP contribution in [-0.2, 0) is 4.79 Å². The number of carbonyl (C=O) groups excluding carboxylic acids is 2. The zero-order valence-electron chi connectivity index (χ0n) is 16.2. The van der Waals surface area contributed by atoms with Crippen LogP contribution in [-0.4, -0.2) is 41.0 Å². The molecule has 1 aromatic heterocycles. The van der Waals surface area contributed by atoms with Crippen LogP contribution in [0.15, 0.2) is 48.8 Å². The van der Waals surface area contributed by atoms with Crippen molar-refractivity contribution in [2.45, 2.75) is 44.6 Å². The number of pyridine rings is 1. The number of aromatic nitrogens is 1. The van der Waals surface area contributed by atoms with Gasteiger partial charge in [0.05, 0.1) is 0 Å². The molecule has 6 nitrogen and oxygen atoms in total. The van der Waals surface area contributed by atoms with Crippen molar-refractivity contribution in [1.29, 1.82) is 0 Å². The quantitative estimate of drug-likeness (QED) is 0.878. The second-order valence-electron chi connectivity index (χ2n) is 7.67. The highest BCUT2D eigenvalue weighted by molar-refractivity contribution is 5.97. The fraction of sp³-hybridized carbons (Fsp3) is 0.409. The monoisotopic (exact) mass is 378 g/mol. The lowest BCUT2D eigenvalue weighted by atomic mass is 9.90. The second kappa shape index (κ2) is 8.00. The molecule has 0 unspecified atom stereocenters. The zero-order valence-corrected chi connectivity index (χ0v) is 16.2. The molecule has 0 saturated carbocycles. The summed E-state index contributed by atoms with van der Waals surface area (Å²) in [5, 5.41) is 3.00. The van der Waals surface area contributed by atoms with Gasteiger partial charge in [-0.25, -0.2) is 4.79 Å². The van der Waals surface area contributed by atoms with E-state index in [-0.39, 0.29) is 18.0 Å². The Morgan fingerprint density at radius 2 is 1.86 bits per heavy atom. The van der Waals surface area contributed by atoms with Crippen molar-refractivity contribution < 1.29 is 9.59 Å². The van der Waals surface area contributed by atoms with E-state index < -0.39 is 0 Å². The van der Waals surface area contributed by atoms with Gasteiger partial charge in [0.2, 0.25) is 5.91 Å². The Balaban J connectivity index is 1.37. The third-order valence-electron chi connectivity index (χ3n) is 5.82. The number of amides is 3. The molecule has 146 valence electrons. The minimum absolute atomic E-state index is 0.0777. The molecule has 4 rings (SSSR count). The predicted molar refractivity (Wildman–Crippen MR) is 109 cm³/mol. The number of hydrogen-bond acceptors (Lipinski definition) is 3. The van der Waals surface area contributed by atoms with E-state index in [9.17, 15) is 9.59 Å². The molecule has 3 amide bonds. The Labute approximate surface area is 165 Å². The summed E-state index contributed by atoms with van der Waals surface area (Å²) in [5.74, 6) is 0.632. The van der Waals surface area contributed by atoms with Crippen molar-refractivity contribution in [3.8, 4) is 0 Å². The van der Waals surface area contributed by atoms with Gasteiger partial charge < -0.3 is 15.1 Å². The third-order valence-corrected chi connectivity index (χ3v) is 5.82. The lowest BCUT2D eigenvalue weighted by molar-refractivity contribution is -0.117. The molecule has 1 aromatic carbocycles. The van der Waals surface area contributed by atoms with Gasteiger partial charge in [-0.15, -0.1) is 0 Å². The van der Waals surface area contributed by atoms with E-state index in [1.165, 1.54) is 5.56 Å². The van der Waals surface area contributed by atoms with Gasteiger partial charge >= 0.3 is 6.03 Å². The third kappa shape index (κ3) is 3.86. The van der Waals surface area contributed by atoms with E-state index in [1.807, 2.05) is 46.5 Å². The van der Waals surface area contributed by atoms with Crippen molar-refractivity contribution in [3.05, 3.63) is 54.4 Å². The lowest BCUT2D eigenvalue weighted by Crippen LogP contribution is -2.40. The molecule has 6 heteroatoms. The van der Waals surface area contributed by atoms with Gasteiger partial charge in [0, 0.05) is 49.3 Å². The van der Waals surface area contributed by atoms with E-state index in [1.54, 1.807) is 0 Å². The molecular formula is C22H26N4O2. The first-order chi connectivity index (χ1) is 13.6. The summed E-state index contributed by atoms with van der Waals surface area (Å²) < 4.78 is 0. The van der Waals surface area contributed by atoms with Crippen molar-refractivity contribution in [3.63, 3.8) is 0 Å². The molecule has 2 saturated heterocycles. The number of benzene rings is 1. The molecule has 2 fully saturated rings. The second-order valence-corrected chi connectivity index (χ2v) is 7.67. The van der Waals surface area contributed by atoms with Crippen LogP contribution in [0.25, 0.3) is 0 Å². The zero-order chi connectivity index (χ0) is 19.5. The van der Waals surface area contributed by atoms with Crippen LogP contribution in [0.1, 0.15) is 44.1 Å². The number of piperidine rings is 1. The molecule has 0 bridgehead atoms. The number of nitrogens with zero attached hydrogens (tertiary/aromatic N) is 3. The average molecular weight is 378 g/mol. The highest BCUT2D eigenvalue weighted by Gasteiger charge is 2.29. The van der Waals surface area contributed by atoms with Crippen LogP contribution in [0.3, 0.4) is 0 Å². The summed E-state index contributed by atoms with van der Waals surface area (Å²) in [7, 11) is 0. The van der Waals surface area contributed by atoms with E-state index in [0.717, 1.165) is 43.7 Å². The lowest BCUT2D eigenvalue weighted by Gasteiger charge is -2.32. The Bertz CT molecular complexity index is 847. The van der Waals surface area contributed by atoms with Crippen molar-refractivity contribution >= 4 is 23.3 Å². The number of likely N-dealkylation sites (tertiary alicyclic amines) is 1. The topological polar surface area (TPSA) is 65.5 Å². The van der Waals surface area contributed by atoms with Gasteiger partial charge in [-0.2, -0.15) is 0 Å². The predicted octanol–water partition coefficient (Wildman–Crippen LogP) is 4.01. The number of rotatable bonds is 3. The van der Waals surface area contributed by atoms with Crippen LogP contribution >= 0.6 is 0 Å². The largest absolute Gasteiger partial charge is 0.324 e. The maximum absolute atomic E-state index is 12.7. The Kier molecular flexibility index (Phi) is 5.28. The fourth-order valence-corrected chi connectivity index (χ4v) is 4.21. The summed E-state index contributed by atoms with van der Waals surface area (Å²) in [6.07, 6.45) is 7.03. The smallest absolute Gasteiger partial charge is 0.321 e. The van der Waals surface area contributed by atoms with Crippen molar-refractivity contribution in [2.24, 2.45) is 0 Å². The highest BCUT2D eigenvalue weighted by atomic mass is 16.2. The van der Waals surface area contributed by atoms with Crippen LogP contribution in [0.2, 0.25) is 0 Å². The molecule has 0 aliphatic carbocycles. The van der Waals surface area contributed by atoms with Crippen LogP contribution in [0.5, 0.6) is 0 Å². The molecule has 2 aliphatic heterocycles. The van der Waals surface area contributed by atoms with Gasteiger partial charge in [-0.1, -0.05) is 6.07 Å². The summed E-state index contributed by atoms with van der Waals surface area (Å²) >= 11 is 0. The fourth-order valence-electron chi connectivity index (χ4n) is 4.21. The van der Waals surface area contributed by atoms with E-state index in [0.29, 0.717) is 12.3 Å². The standard InChI is InChI=1S/C22H26N4O2/c1-16-5-6-21(27)26(16)20-4-2-3-19(15-20)24-22(28)25-13-9-18(10-14-25)17-7-11-23-12-8-17/h2-4,7-8,11-12,15-16,18H,5-6,9-10,13-14H2,1H3,(H,24,28)/t16-/m1/s1. The Morgan fingerprint density at radius 3 is 2.54 bits per heavy atom. The van der Waals surface area contributed by atoms with Crippen molar-refractivity contribution in [1.82, 2.24) is 9.88 Å². The van der Waals surface area contributed by atoms with Gasteiger partial charge in [-0.05, 0) is 68.0 Å². The summed E-state index contributed by atoms with van der Waals surface area (Å²) in [5.41, 5.74) is 2.88. The van der Waals surface area contributed by atoms with E-state index >= 15 is 0 Å². The molecular weight excluding hydrogens is 352 g/mol. The molecule has 1 N–H and O–H groups in total. The molecule has 0 spiro atoms. The number of carbonyl (C=O) groups is 2. The Morgan fingerprint density at radius 1 is 1.11 bits per heavy atom. The minimum Gasteiger partial charge on any atom is -0.324 e. The first-order valence-corrected chi connectivity index (χ1v) is 10.00. The minimum atomic E-state index is -0.0777. The summed E-state index contributed by atoms with van der Waals surface area (Å²) in [6.45, 7) is 3.53. The molecule has 2 aromatic rings. The van der Waals surface area contributed by atoms with Gasteiger partial charge in [0.25, 0.3) is 0 Å². The van der Waals surface area contributed by atoms with Crippen LogP contribution < -0.4 is 10.2 Å². The van der Waals surface area contributed by atoms with Crippen molar-refractivity contribution in [2.75, 3.05) is 23.3 Å². The number of anilines is 2. The average Bonchev–Trinajstić information content (AvgIpc) is 3.07. The molecule has 3 heterocycles. The van der Waals surface area contributed by atoms with Gasteiger partial charge in [0.15, 0.2) is 0 Å². The van der Waals surface area contributed by atoms with Crippen LogP contribution in [0, 0.1) is 0 Å². The van der Waals surface area contributed by atoms with E-state index in [2.05, 4.69) is 29.4 Å². The molecule has 2 aliphatic rings. The number of hydrogen-bond donors (Lipinski definition) is 1. The summed E-state index contributed by atoms with van der Waals surface area (Å²) in [4.78, 5) is 32.6. The first kappa shape index (κ1) is 18.5. The maximum atomic E-state index is 12.7. The van der Waals surface area contributed by atoms with E-state index in [4.69, 9.17) is 0 Å². The molecule has 0 radical (unpaired) electrons. The number of urea groups is 1. The normalized spacial score (nSPS) is 20.5. The maximum Gasteiger partial charge on any atom is 0.321 e. The SMILES string of the molecule is C[C@@H]1CCC(=O)N1c1cccc(NC(=O)N2CCC(c3ccncc3)CC2)c1. The Hall–Kier alpha value is -2.89. The number of nitrogens with one attached hydrogen (secondary N) is 1. The first-order valence-electron chi connectivity index (χ1n) is 10.00. The van der Waals surface area contributed by atoms with Gasteiger partial charge in [-0.3, -0.25) is 9.78 Å². The summed E-state index contributed by atoms with van der Waals surface area (Å²) in [6, 6.07) is 11.8.